The van der Waals surface area contributed by atoms with E-state index in [-0.39, 0.29) is 23.7 Å². The average molecular weight is 534 g/mol. The molecule has 1 aliphatic heterocycles. The lowest BCUT2D eigenvalue weighted by molar-refractivity contribution is -0.139. The largest absolute Gasteiger partial charge is 0.507 e. The summed E-state index contributed by atoms with van der Waals surface area (Å²) in [6, 6.07) is 18.8. The number of Topliss-reactive ketones (excluding diaryl/α,β-unsaturated/α-hetero) is 1. The van der Waals surface area contributed by atoms with Crippen LogP contribution in [0.15, 0.2) is 76.8 Å². The maximum atomic E-state index is 13.3. The number of benzene rings is 3. The van der Waals surface area contributed by atoms with Crippen molar-refractivity contribution in [2.45, 2.75) is 26.3 Å². The van der Waals surface area contributed by atoms with Crippen molar-refractivity contribution >= 4 is 45.0 Å². The van der Waals surface area contributed by atoms with Gasteiger partial charge in [0, 0.05) is 15.7 Å². The molecule has 0 radical (unpaired) electrons. The predicted molar refractivity (Wildman–Crippen MR) is 137 cm³/mol. The van der Waals surface area contributed by atoms with Gasteiger partial charge in [-0.25, -0.2) is 0 Å². The number of nitrogens with zero attached hydrogens (tertiary/aromatic N) is 1. The molecular weight excluding hydrogens is 510 g/mol. The fourth-order valence-corrected chi connectivity index (χ4v) is 4.46. The lowest BCUT2D eigenvalue weighted by atomic mass is 9.94. The van der Waals surface area contributed by atoms with Crippen LogP contribution in [0.5, 0.6) is 0 Å². The molecule has 6 nitrogen and oxygen atoms in total. The van der Waals surface area contributed by atoms with Crippen LogP contribution in [0.25, 0.3) is 5.76 Å². The lowest BCUT2D eigenvalue weighted by Gasteiger charge is -2.26. The van der Waals surface area contributed by atoms with Crippen LogP contribution in [0.4, 0.5) is 5.69 Å². The number of aliphatic hydroxyl groups excluding tert-OH is 1. The van der Waals surface area contributed by atoms with Gasteiger partial charge in [-0.15, -0.1) is 0 Å². The van der Waals surface area contributed by atoms with E-state index in [1.54, 1.807) is 42.5 Å². The van der Waals surface area contributed by atoms with Gasteiger partial charge in [-0.1, -0.05) is 64.0 Å². The van der Waals surface area contributed by atoms with Crippen LogP contribution in [0.3, 0.4) is 0 Å². The van der Waals surface area contributed by atoms with Crippen LogP contribution >= 0.6 is 15.9 Å². The number of methoxy groups -OCH3 is 1. The smallest absolute Gasteiger partial charge is 0.309 e. The third-order valence-electron chi connectivity index (χ3n) is 6.02. The van der Waals surface area contributed by atoms with Gasteiger partial charge in [0.25, 0.3) is 11.7 Å². The number of rotatable bonds is 5. The highest BCUT2D eigenvalue weighted by Gasteiger charge is 2.47. The summed E-state index contributed by atoms with van der Waals surface area (Å²) in [7, 11) is 1.32. The summed E-state index contributed by atoms with van der Waals surface area (Å²) >= 11 is 3.45. The van der Waals surface area contributed by atoms with E-state index in [1.165, 1.54) is 12.0 Å². The lowest BCUT2D eigenvalue weighted by Crippen LogP contribution is -2.29. The van der Waals surface area contributed by atoms with Gasteiger partial charge in [0.2, 0.25) is 0 Å². The number of anilines is 1. The number of hydrogen-bond acceptors (Lipinski definition) is 5. The molecule has 35 heavy (non-hydrogen) atoms. The minimum absolute atomic E-state index is 0.0287. The SMILES string of the molecule is COC(=O)Cc1ccc(N2C(=O)C(=O)/C(=C(\O)c3ccc(Br)c(C)c3)C2c2cccc(C)c2)cc1. The van der Waals surface area contributed by atoms with Crippen molar-refractivity contribution in [2.24, 2.45) is 0 Å². The number of aryl methyl sites for hydroxylation is 2. The number of ether oxygens (including phenoxy) is 1. The Bertz CT molecular complexity index is 1360. The standard InChI is InChI=1S/C28H24BrNO5/c1-16-5-4-6-19(13-16)25-24(26(32)20-9-12-22(29)17(2)14-20)27(33)28(34)30(25)21-10-7-18(8-11-21)15-23(31)35-3/h4-14,25,32H,15H2,1-3H3/b26-24-. The second-order valence-electron chi connectivity index (χ2n) is 8.47. The van der Waals surface area contributed by atoms with Gasteiger partial charge in [-0.2, -0.15) is 0 Å². The van der Waals surface area contributed by atoms with Crippen molar-refractivity contribution in [2.75, 3.05) is 12.0 Å². The van der Waals surface area contributed by atoms with E-state index in [4.69, 9.17) is 4.74 Å². The Hall–Kier alpha value is -3.71. The Kier molecular flexibility index (Phi) is 6.89. The number of halogens is 1. The summed E-state index contributed by atoms with van der Waals surface area (Å²) in [4.78, 5) is 39.6. The highest BCUT2D eigenvalue weighted by atomic mass is 79.9. The Balaban J connectivity index is 1.86. The van der Waals surface area contributed by atoms with E-state index < -0.39 is 17.7 Å². The zero-order chi connectivity index (χ0) is 25.3. The van der Waals surface area contributed by atoms with Gasteiger partial charge in [0.15, 0.2) is 0 Å². The molecule has 0 saturated carbocycles. The van der Waals surface area contributed by atoms with Crippen LogP contribution in [-0.2, 0) is 25.5 Å². The number of carbonyl (C=O) groups is 3. The molecule has 1 amide bonds. The first-order chi connectivity index (χ1) is 16.7. The summed E-state index contributed by atoms with van der Waals surface area (Å²) in [6.45, 7) is 3.81. The molecule has 1 saturated heterocycles. The molecule has 1 heterocycles. The summed E-state index contributed by atoms with van der Waals surface area (Å²) < 4.78 is 5.59. The van der Waals surface area contributed by atoms with Crippen molar-refractivity contribution in [3.8, 4) is 0 Å². The van der Waals surface area contributed by atoms with Gasteiger partial charge in [0.05, 0.1) is 25.1 Å². The second-order valence-corrected chi connectivity index (χ2v) is 9.32. The summed E-state index contributed by atoms with van der Waals surface area (Å²) in [5.41, 5.74) is 4.24. The molecule has 0 aromatic heterocycles. The molecule has 1 aliphatic rings. The molecule has 0 spiro atoms. The minimum Gasteiger partial charge on any atom is -0.507 e. The number of ketones is 1. The molecule has 1 fully saturated rings. The number of hydrogen-bond donors (Lipinski definition) is 1. The van der Waals surface area contributed by atoms with Crippen molar-refractivity contribution in [3.63, 3.8) is 0 Å². The summed E-state index contributed by atoms with van der Waals surface area (Å²) in [5, 5.41) is 11.3. The normalized spacial score (nSPS) is 17.0. The molecule has 178 valence electrons. The first kappa shape index (κ1) is 24.4. The fourth-order valence-electron chi connectivity index (χ4n) is 4.22. The third-order valence-corrected chi connectivity index (χ3v) is 6.91. The number of esters is 1. The van der Waals surface area contributed by atoms with E-state index in [0.29, 0.717) is 16.8 Å². The Morgan fingerprint density at radius 3 is 2.37 bits per heavy atom. The quantitative estimate of drug-likeness (QED) is 0.205. The first-order valence-electron chi connectivity index (χ1n) is 11.0. The summed E-state index contributed by atoms with van der Waals surface area (Å²) in [6.07, 6.45) is 0.0970. The molecule has 4 rings (SSSR count). The Labute approximate surface area is 212 Å². The molecule has 1 N–H and O–H groups in total. The maximum Gasteiger partial charge on any atom is 0.309 e. The molecule has 1 unspecified atom stereocenters. The molecule has 0 aliphatic carbocycles. The highest BCUT2D eigenvalue weighted by molar-refractivity contribution is 9.10. The van der Waals surface area contributed by atoms with E-state index in [2.05, 4.69) is 15.9 Å². The number of amides is 1. The summed E-state index contributed by atoms with van der Waals surface area (Å²) in [5.74, 6) is -2.08. The minimum atomic E-state index is -0.815. The van der Waals surface area contributed by atoms with E-state index in [9.17, 15) is 19.5 Å². The second kappa shape index (κ2) is 9.88. The number of aliphatic hydroxyl groups is 1. The van der Waals surface area contributed by atoms with Gasteiger partial charge < -0.3 is 9.84 Å². The van der Waals surface area contributed by atoms with Gasteiger partial charge >= 0.3 is 5.97 Å². The zero-order valence-electron chi connectivity index (χ0n) is 19.5. The van der Waals surface area contributed by atoms with Gasteiger partial charge in [-0.3, -0.25) is 19.3 Å². The first-order valence-corrected chi connectivity index (χ1v) is 11.8. The molecule has 3 aromatic carbocycles. The third kappa shape index (κ3) is 4.77. The fraction of sp³-hybridized carbons (Fsp3) is 0.179. The van der Waals surface area contributed by atoms with E-state index in [1.807, 2.05) is 38.1 Å². The van der Waals surface area contributed by atoms with Gasteiger partial charge in [-0.05, 0) is 54.8 Å². The molecule has 1 atom stereocenters. The van der Waals surface area contributed by atoms with E-state index in [0.717, 1.165) is 21.2 Å². The average Bonchev–Trinajstić information content (AvgIpc) is 3.11. The van der Waals surface area contributed by atoms with Crippen LogP contribution in [0.2, 0.25) is 0 Å². The van der Waals surface area contributed by atoms with Crippen molar-refractivity contribution in [1.29, 1.82) is 0 Å². The highest BCUT2D eigenvalue weighted by Crippen LogP contribution is 2.42. The van der Waals surface area contributed by atoms with Crippen molar-refractivity contribution < 1.29 is 24.2 Å². The molecule has 0 bridgehead atoms. The number of carbonyl (C=O) groups excluding carboxylic acids is 3. The van der Waals surface area contributed by atoms with E-state index >= 15 is 0 Å². The Morgan fingerprint density at radius 2 is 1.74 bits per heavy atom. The van der Waals surface area contributed by atoms with Crippen LogP contribution in [0.1, 0.15) is 33.9 Å². The van der Waals surface area contributed by atoms with Gasteiger partial charge in [0.1, 0.15) is 5.76 Å². The molecule has 3 aromatic rings. The monoisotopic (exact) mass is 533 g/mol. The zero-order valence-corrected chi connectivity index (χ0v) is 21.1. The van der Waals surface area contributed by atoms with Crippen molar-refractivity contribution in [1.82, 2.24) is 0 Å². The van der Waals surface area contributed by atoms with Crippen LogP contribution in [-0.4, -0.2) is 29.9 Å². The van der Waals surface area contributed by atoms with Crippen molar-refractivity contribution in [3.05, 3.63) is 105 Å². The molecular formula is C28H24BrNO5. The topological polar surface area (TPSA) is 83.9 Å². The van der Waals surface area contributed by atoms with Crippen LogP contribution in [0, 0.1) is 13.8 Å². The molecule has 7 heteroatoms. The predicted octanol–water partition coefficient (Wildman–Crippen LogP) is 5.41. The van der Waals surface area contributed by atoms with Crippen LogP contribution < -0.4 is 4.90 Å². The maximum absolute atomic E-state index is 13.3. The Morgan fingerprint density at radius 1 is 1.03 bits per heavy atom.